The Morgan fingerprint density at radius 2 is 1.95 bits per heavy atom. The number of halogens is 3. The molecule has 0 spiro atoms. The fraction of sp³-hybridized carbons (Fsp3) is 0.273. The Labute approximate surface area is 134 Å². The zero-order chi connectivity index (χ0) is 15.1. The molecule has 0 amide bonds. The van der Waals surface area contributed by atoms with E-state index in [2.05, 4.69) is 26.1 Å². The third kappa shape index (κ3) is 3.00. The van der Waals surface area contributed by atoms with Crippen molar-refractivity contribution in [1.29, 1.82) is 0 Å². The van der Waals surface area contributed by atoms with E-state index in [0.717, 1.165) is 0 Å². The van der Waals surface area contributed by atoms with E-state index in [0.29, 0.717) is 20.9 Å². The number of benzene rings is 1. The van der Waals surface area contributed by atoms with Crippen LogP contribution in [0.25, 0.3) is 11.4 Å². The maximum absolute atomic E-state index is 11.6. The molecule has 5 nitrogen and oxygen atoms in total. The minimum absolute atomic E-state index is 0.175. The van der Waals surface area contributed by atoms with Crippen LogP contribution in [-0.4, -0.2) is 23.2 Å². The summed E-state index contributed by atoms with van der Waals surface area (Å²) in [5.41, 5.74) is 0.683. The molecule has 1 aromatic carbocycles. The van der Waals surface area contributed by atoms with Gasteiger partial charge in [0, 0.05) is 31.8 Å². The summed E-state index contributed by atoms with van der Waals surface area (Å²) in [7, 11) is 1.42. The normalized spacial score (nSPS) is 12.1. The lowest BCUT2D eigenvalue weighted by Crippen LogP contribution is -2.10. The smallest absolute Gasteiger partial charge is 0.294 e. The summed E-state index contributed by atoms with van der Waals surface area (Å²) in [6.45, 7) is 3.64. The first-order valence-corrected chi connectivity index (χ1v) is 9.05. The second-order valence-electron chi connectivity index (χ2n) is 4.33. The number of rotatable bonds is 3. The molecule has 0 aliphatic heterocycles. The van der Waals surface area contributed by atoms with E-state index in [9.17, 15) is 8.42 Å². The minimum Gasteiger partial charge on any atom is -0.294 e. The largest absolute Gasteiger partial charge is 0.296 e. The third-order valence-corrected chi connectivity index (χ3v) is 4.59. The average Bonchev–Trinajstić information content (AvgIpc) is 2.72. The van der Waals surface area contributed by atoms with Crippen LogP contribution in [0.3, 0.4) is 0 Å². The van der Waals surface area contributed by atoms with Crippen LogP contribution in [0.1, 0.15) is 19.9 Å². The van der Waals surface area contributed by atoms with E-state index < -0.39 is 9.05 Å². The Morgan fingerprint density at radius 3 is 2.45 bits per heavy atom. The zero-order valence-corrected chi connectivity index (χ0v) is 14.4. The molecule has 0 saturated heterocycles. The lowest BCUT2D eigenvalue weighted by atomic mass is 10.2. The quantitative estimate of drug-likeness (QED) is 0.736. The molecule has 0 atom stereocenters. The molecule has 1 heterocycles. The van der Waals surface area contributed by atoms with Gasteiger partial charge in [-0.15, -0.1) is 10.2 Å². The van der Waals surface area contributed by atoms with Gasteiger partial charge >= 0.3 is 0 Å². The monoisotopic (exact) mass is 397 g/mol. The molecular weight excluding hydrogens is 389 g/mol. The lowest BCUT2D eigenvalue weighted by molar-refractivity contribution is 0.530. The summed E-state index contributed by atoms with van der Waals surface area (Å²) >= 11 is 9.27. The molecule has 0 radical (unpaired) electrons. The van der Waals surface area contributed by atoms with E-state index in [-0.39, 0.29) is 11.2 Å². The molecule has 9 heteroatoms. The molecule has 0 bridgehead atoms. The summed E-state index contributed by atoms with van der Waals surface area (Å²) in [5.74, 6) is 0.405. The predicted octanol–water partition coefficient (Wildman–Crippen LogP) is 3.87. The van der Waals surface area contributed by atoms with Gasteiger partial charge in [0.15, 0.2) is 5.82 Å². The fourth-order valence-corrected chi connectivity index (χ4v) is 3.61. The van der Waals surface area contributed by atoms with Gasteiger partial charge in [0.2, 0.25) is 0 Å². The number of nitrogens with zero attached hydrogens (tertiary/aromatic N) is 3. The van der Waals surface area contributed by atoms with Crippen molar-refractivity contribution < 1.29 is 8.42 Å². The van der Waals surface area contributed by atoms with Gasteiger partial charge in [0.05, 0.1) is 0 Å². The van der Waals surface area contributed by atoms with E-state index in [1.54, 1.807) is 18.2 Å². The third-order valence-electron chi connectivity index (χ3n) is 2.57. The summed E-state index contributed by atoms with van der Waals surface area (Å²) in [6, 6.07) is 4.95. The van der Waals surface area contributed by atoms with Crippen molar-refractivity contribution in [2.75, 3.05) is 0 Å². The molecule has 2 aromatic rings. The topological polar surface area (TPSA) is 64.8 Å². The second-order valence-corrected chi connectivity index (χ2v) is 8.08. The van der Waals surface area contributed by atoms with Gasteiger partial charge in [-0.2, -0.15) is 0 Å². The standard InChI is InChI=1S/C11H10BrCl2N3O2S/c1-6(2)17-10(15-16-11(17)20(14,18)19)8-4-3-7(13)5-9(8)12/h3-6H,1-2H3. The molecule has 0 N–H and O–H groups in total. The molecule has 108 valence electrons. The Morgan fingerprint density at radius 1 is 1.30 bits per heavy atom. The molecule has 0 aliphatic carbocycles. The highest BCUT2D eigenvalue weighted by atomic mass is 79.9. The van der Waals surface area contributed by atoms with Gasteiger partial charge in [-0.1, -0.05) is 11.6 Å². The Hall–Kier alpha value is -0.630. The maximum Gasteiger partial charge on any atom is 0.296 e. The van der Waals surface area contributed by atoms with Crippen molar-refractivity contribution in [2.45, 2.75) is 25.0 Å². The van der Waals surface area contributed by atoms with Crippen LogP contribution >= 0.6 is 38.2 Å². The lowest BCUT2D eigenvalue weighted by Gasteiger charge is -2.13. The summed E-state index contributed by atoms with van der Waals surface area (Å²) in [5, 5.41) is 7.91. The highest BCUT2D eigenvalue weighted by Gasteiger charge is 2.25. The molecule has 0 unspecified atom stereocenters. The Kier molecular flexibility index (Phi) is 4.44. The highest BCUT2D eigenvalue weighted by Crippen LogP contribution is 2.32. The number of aromatic nitrogens is 3. The van der Waals surface area contributed by atoms with Gasteiger partial charge in [0.1, 0.15) is 0 Å². The molecule has 0 aliphatic rings. The predicted molar refractivity (Wildman–Crippen MR) is 81.6 cm³/mol. The van der Waals surface area contributed by atoms with E-state index in [4.69, 9.17) is 22.3 Å². The van der Waals surface area contributed by atoms with Crippen molar-refractivity contribution in [1.82, 2.24) is 14.8 Å². The van der Waals surface area contributed by atoms with Crippen molar-refractivity contribution >= 4 is 47.3 Å². The van der Waals surface area contributed by atoms with Crippen LogP contribution in [0.5, 0.6) is 0 Å². The summed E-state index contributed by atoms with van der Waals surface area (Å²) in [6.07, 6.45) is 0. The van der Waals surface area contributed by atoms with Gasteiger partial charge in [0.25, 0.3) is 14.2 Å². The van der Waals surface area contributed by atoms with Gasteiger partial charge in [-0.25, -0.2) is 8.42 Å². The SMILES string of the molecule is CC(C)n1c(-c2ccc(Cl)cc2Br)nnc1S(=O)(=O)Cl. The number of hydrogen-bond donors (Lipinski definition) is 0. The van der Waals surface area contributed by atoms with Crippen molar-refractivity contribution in [3.8, 4) is 11.4 Å². The average molecular weight is 399 g/mol. The first kappa shape index (κ1) is 15.8. The van der Waals surface area contributed by atoms with Crippen LogP contribution in [-0.2, 0) is 9.05 Å². The molecule has 2 rings (SSSR count). The van der Waals surface area contributed by atoms with Gasteiger partial charge < -0.3 is 0 Å². The van der Waals surface area contributed by atoms with Gasteiger partial charge in [-0.3, -0.25) is 4.57 Å². The number of hydrogen-bond acceptors (Lipinski definition) is 4. The van der Waals surface area contributed by atoms with Crippen LogP contribution < -0.4 is 0 Å². The van der Waals surface area contributed by atoms with Crippen molar-refractivity contribution in [3.05, 3.63) is 27.7 Å². The second kappa shape index (κ2) is 5.63. The zero-order valence-electron chi connectivity index (χ0n) is 10.5. The van der Waals surface area contributed by atoms with E-state index >= 15 is 0 Å². The maximum atomic E-state index is 11.6. The van der Waals surface area contributed by atoms with Crippen LogP contribution in [0.15, 0.2) is 27.8 Å². The summed E-state index contributed by atoms with van der Waals surface area (Å²) in [4.78, 5) is 0. The first-order valence-electron chi connectivity index (χ1n) is 5.57. The Bertz CT molecular complexity index is 759. The fourth-order valence-electron chi connectivity index (χ4n) is 1.76. The summed E-state index contributed by atoms with van der Waals surface area (Å²) < 4.78 is 25.3. The van der Waals surface area contributed by atoms with Crippen molar-refractivity contribution in [3.63, 3.8) is 0 Å². The molecule has 0 saturated carbocycles. The molecule has 0 fully saturated rings. The molecular formula is C11H10BrCl2N3O2S. The van der Waals surface area contributed by atoms with Crippen LogP contribution in [0, 0.1) is 0 Å². The Balaban J connectivity index is 2.73. The molecule has 20 heavy (non-hydrogen) atoms. The van der Waals surface area contributed by atoms with Crippen LogP contribution in [0.2, 0.25) is 5.02 Å². The van der Waals surface area contributed by atoms with E-state index in [1.807, 2.05) is 13.8 Å². The minimum atomic E-state index is -3.97. The van der Waals surface area contributed by atoms with E-state index in [1.165, 1.54) is 4.57 Å². The van der Waals surface area contributed by atoms with Gasteiger partial charge in [-0.05, 0) is 48.0 Å². The first-order chi connectivity index (χ1) is 9.21. The van der Waals surface area contributed by atoms with Crippen molar-refractivity contribution in [2.24, 2.45) is 0 Å². The molecule has 1 aromatic heterocycles. The van der Waals surface area contributed by atoms with Crippen LogP contribution in [0.4, 0.5) is 0 Å². The highest BCUT2D eigenvalue weighted by molar-refractivity contribution is 9.10.